The van der Waals surface area contributed by atoms with E-state index < -0.39 is 0 Å². The number of thiophene rings is 1. The minimum absolute atomic E-state index is 0.00587. The van der Waals surface area contributed by atoms with Gasteiger partial charge < -0.3 is 10.1 Å². The zero-order chi connectivity index (χ0) is 15.6. The Morgan fingerprint density at radius 1 is 1.39 bits per heavy atom. The Morgan fingerprint density at radius 2 is 2.35 bits per heavy atom. The van der Waals surface area contributed by atoms with Crippen molar-refractivity contribution in [2.45, 2.75) is 13.0 Å². The molecule has 118 valence electrons. The van der Waals surface area contributed by atoms with Gasteiger partial charge in [-0.05, 0) is 30.0 Å². The summed E-state index contributed by atoms with van der Waals surface area (Å²) >= 11 is 1.63. The van der Waals surface area contributed by atoms with Gasteiger partial charge in [0.15, 0.2) is 11.5 Å². The number of aromatic nitrogens is 4. The van der Waals surface area contributed by atoms with Gasteiger partial charge in [0.25, 0.3) is 0 Å². The van der Waals surface area contributed by atoms with Gasteiger partial charge in [0, 0.05) is 6.61 Å². The van der Waals surface area contributed by atoms with Crippen molar-refractivity contribution in [2.75, 3.05) is 13.2 Å². The van der Waals surface area contributed by atoms with Crippen LogP contribution < -0.4 is 5.32 Å². The van der Waals surface area contributed by atoms with Crippen LogP contribution in [-0.2, 0) is 16.1 Å². The minimum Gasteiger partial charge on any atom is -0.381 e. The highest BCUT2D eigenvalue weighted by Crippen LogP contribution is 2.22. The summed E-state index contributed by atoms with van der Waals surface area (Å²) in [6.07, 6.45) is 0.771. The van der Waals surface area contributed by atoms with Crippen molar-refractivity contribution in [3.05, 3.63) is 35.5 Å². The molecule has 1 aliphatic rings. The molecule has 0 aromatic carbocycles. The van der Waals surface area contributed by atoms with Crippen molar-refractivity contribution in [2.24, 2.45) is 5.92 Å². The molecule has 0 saturated carbocycles. The molecule has 0 radical (unpaired) electrons. The number of nitrogens with one attached hydrogen (secondary N) is 1. The van der Waals surface area contributed by atoms with Crippen LogP contribution >= 0.6 is 11.3 Å². The Balaban J connectivity index is 1.55. The van der Waals surface area contributed by atoms with Gasteiger partial charge >= 0.3 is 0 Å². The third-order valence-corrected chi connectivity index (χ3v) is 4.71. The van der Waals surface area contributed by atoms with Crippen molar-refractivity contribution in [3.8, 4) is 10.6 Å². The molecule has 7 nitrogen and oxygen atoms in total. The molecule has 1 aliphatic heterocycles. The van der Waals surface area contributed by atoms with Crippen molar-refractivity contribution in [1.29, 1.82) is 0 Å². The van der Waals surface area contributed by atoms with Gasteiger partial charge in [0.2, 0.25) is 5.91 Å². The van der Waals surface area contributed by atoms with Crippen LogP contribution in [0.1, 0.15) is 12.2 Å². The highest BCUT2D eigenvalue weighted by atomic mass is 32.1. The van der Waals surface area contributed by atoms with Crippen LogP contribution in [0.2, 0.25) is 0 Å². The van der Waals surface area contributed by atoms with Crippen LogP contribution in [0.4, 0.5) is 0 Å². The first-order valence-corrected chi connectivity index (χ1v) is 8.30. The number of carbonyl (C=O) groups excluding carboxylic acids is 1. The zero-order valence-electron chi connectivity index (χ0n) is 12.3. The summed E-state index contributed by atoms with van der Waals surface area (Å²) in [5, 5.41) is 17.7. The van der Waals surface area contributed by atoms with Crippen molar-refractivity contribution >= 4 is 22.9 Å². The molecule has 4 heterocycles. The van der Waals surface area contributed by atoms with E-state index in [4.69, 9.17) is 4.74 Å². The van der Waals surface area contributed by atoms with E-state index in [9.17, 15) is 4.79 Å². The maximum absolute atomic E-state index is 12.1. The zero-order valence-corrected chi connectivity index (χ0v) is 13.1. The van der Waals surface area contributed by atoms with Crippen molar-refractivity contribution in [1.82, 2.24) is 25.1 Å². The highest BCUT2D eigenvalue weighted by molar-refractivity contribution is 7.13. The second kappa shape index (κ2) is 6.05. The molecule has 23 heavy (non-hydrogen) atoms. The number of hydrogen-bond donors (Lipinski definition) is 1. The first-order valence-electron chi connectivity index (χ1n) is 7.42. The Morgan fingerprint density at radius 3 is 3.13 bits per heavy atom. The lowest BCUT2D eigenvalue weighted by Crippen LogP contribution is -2.31. The molecule has 1 saturated heterocycles. The minimum atomic E-state index is -0.0659. The maximum Gasteiger partial charge on any atom is 0.225 e. The quantitative estimate of drug-likeness (QED) is 0.784. The van der Waals surface area contributed by atoms with Crippen LogP contribution in [0.3, 0.4) is 0 Å². The lowest BCUT2D eigenvalue weighted by Gasteiger charge is -2.08. The van der Waals surface area contributed by atoms with Crippen LogP contribution in [0.5, 0.6) is 0 Å². The number of nitrogens with zero attached hydrogens (tertiary/aromatic N) is 4. The van der Waals surface area contributed by atoms with Gasteiger partial charge in [-0.2, -0.15) is 9.61 Å². The maximum atomic E-state index is 12.1. The summed E-state index contributed by atoms with van der Waals surface area (Å²) in [4.78, 5) is 13.1. The molecule has 8 heteroatoms. The standard InChI is InChI=1S/C15H15N5O2S/c21-15(10-5-6-22-9-10)16-8-14-18-17-13-4-3-11(19-20(13)14)12-2-1-7-23-12/h1-4,7,10H,5-6,8-9H2,(H,16,21)/t10-/m1/s1. The highest BCUT2D eigenvalue weighted by Gasteiger charge is 2.23. The van der Waals surface area contributed by atoms with Crippen LogP contribution in [0.25, 0.3) is 16.2 Å². The molecule has 4 rings (SSSR count). The van der Waals surface area contributed by atoms with Gasteiger partial charge in [0.05, 0.1) is 23.9 Å². The van der Waals surface area contributed by atoms with Crippen LogP contribution in [-0.4, -0.2) is 38.9 Å². The van der Waals surface area contributed by atoms with Gasteiger partial charge in [-0.25, -0.2) is 0 Å². The largest absolute Gasteiger partial charge is 0.381 e. The molecule has 0 unspecified atom stereocenters. The topological polar surface area (TPSA) is 81.4 Å². The molecule has 3 aromatic rings. The number of amides is 1. The number of carbonyl (C=O) groups is 1. The average Bonchev–Trinajstić information content (AvgIpc) is 3.33. The van der Waals surface area contributed by atoms with E-state index in [1.54, 1.807) is 15.9 Å². The summed E-state index contributed by atoms with van der Waals surface area (Å²) in [7, 11) is 0. The molecule has 3 aromatic heterocycles. The Labute approximate surface area is 136 Å². The fourth-order valence-corrected chi connectivity index (χ4v) is 3.24. The predicted octanol–water partition coefficient (Wildman–Crippen LogP) is 1.51. The molecular weight excluding hydrogens is 314 g/mol. The smallest absolute Gasteiger partial charge is 0.225 e. The van der Waals surface area contributed by atoms with E-state index in [1.165, 1.54) is 0 Å². The van der Waals surface area contributed by atoms with E-state index in [0.717, 1.165) is 17.0 Å². The first-order chi connectivity index (χ1) is 11.3. The van der Waals surface area contributed by atoms with Crippen molar-refractivity contribution < 1.29 is 9.53 Å². The fourth-order valence-electron chi connectivity index (χ4n) is 2.55. The molecule has 0 aliphatic carbocycles. The Bertz CT molecular complexity index is 824. The molecule has 1 amide bonds. The van der Waals surface area contributed by atoms with E-state index in [1.807, 2.05) is 29.6 Å². The summed E-state index contributed by atoms with van der Waals surface area (Å²) in [6.45, 7) is 1.45. The Kier molecular flexibility index (Phi) is 3.76. The van der Waals surface area contributed by atoms with E-state index in [0.29, 0.717) is 31.2 Å². The van der Waals surface area contributed by atoms with Gasteiger partial charge in [0.1, 0.15) is 5.69 Å². The third kappa shape index (κ3) is 2.82. The fraction of sp³-hybridized carbons (Fsp3) is 0.333. The monoisotopic (exact) mass is 329 g/mol. The number of hydrogen-bond acceptors (Lipinski definition) is 6. The SMILES string of the molecule is O=C(NCc1nnc2ccc(-c3cccs3)nn12)[C@@H]1CCOC1. The summed E-state index contributed by atoms with van der Waals surface area (Å²) in [5.41, 5.74) is 1.53. The van der Waals surface area contributed by atoms with Crippen LogP contribution in [0, 0.1) is 5.92 Å². The van der Waals surface area contributed by atoms with Gasteiger partial charge in [-0.3, -0.25) is 4.79 Å². The Hall–Kier alpha value is -2.32. The van der Waals surface area contributed by atoms with Crippen molar-refractivity contribution in [3.63, 3.8) is 0 Å². The van der Waals surface area contributed by atoms with E-state index in [2.05, 4.69) is 20.6 Å². The third-order valence-electron chi connectivity index (χ3n) is 3.82. The molecule has 1 fully saturated rings. The number of rotatable bonds is 4. The number of ether oxygens (including phenoxy) is 1. The average molecular weight is 329 g/mol. The molecular formula is C15H15N5O2S. The molecule has 0 bridgehead atoms. The summed E-state index contributed by atoms with van der Waals surface area (Å²) in [6, 6.07) is 7.81. The van der Waals surface area contributed by atoms with Gasteiger partial charge in [-0.1, -0.05) is 6.07 Å². The lowest BCUT2D eigenvalue weighted by molar-refractivity contribution is -0.125. The summed E-state index contributed by atoms with van der Waals surface area (Å²) < 4.78 is 6.92. The van der Waals surface area contributed by atoms with Crippen LogP contribution in [0.15, 0.2) is 29.6 Å². The van der Waals surface area contributed by atoms with E-state index in [-0.39, 0.29) is 11.8 Å². The summed E-state index contributed by atoms with van der Waals surface area (Å²) in [5.74, 6) is 0.545. The van der Waals surface area contributed by atoms with E-state index >= 15 is 0 Å². The molecule has 0 spiro atoms. The first kappa shape index (κ1) is 14.3. The molecule has 1 atom stereocenters. The number of fused-ring (bicyclic) bond motifs is 1. The molecule has 1 N–H and O–H groups in total. The van der Waals surface area contributed by atoms with Gasteiger partial charge in [-0.15, -0.1) is 21.5 Å². The lowest BCUT2D eigenvalue weighted by atomic mass is 10.1. The second-order valence-corrected chi connectivity index (χ2v) is 6.31. The predicted molar refractivity (Wildman–Crippen MR) is 84.9 cm³/mol. The normalized spacial score (nSPS) is 17.7. The second-order valence-electron chi connectivity index (χ2n) is 5.36.